The van der Waals surface area contributed by atoms with Gasteiger partial charge in [-0.2, -0.15) is 0 Å². The van der Waals surface area contributed by atoms with E-state index < -0.39 is 4.92 Å². The van der Waals surface area contributed by atoms with E-state index in [9.17, 15) is 20.0 Å². The first kappa shape index (κ1) is 18.1. The van der Waals surface area contributed by atoms with Crippen LogP contribution in [0.4, 0.5) is 5.69 Å². The van der Waals surface area contributed by atoms with Crippen LogP contribution >= 0.6 is 0 Å². The molecule has 0 heterocycles. The van der Waals surface area contributed by atoms with Gasteiger partial charge in [0.2, 0.25) is 5.75 Å². The Bertz CT molecular complexity index is 999. The van der Waals surface area contributed by atoms with Gasteiger partial charge in [-0.3, -0.25) is 14.9 Å². The summed E-state index contributed by atoms with van der Waals surface area (Å²) in [6.07, 6.45) is 0.361. The summed E-state index contributed by atoms with van der Waals surface area (Å²) in [5.41, 5.74) is 3.45. The average molecular weight is 363 g/mol. The summed E-state index contributed by atoms with van der Waals surface area (Å²) in [7, 11) is 0. The molecule has 6 nitrogen and oxygen atoms in total. The van der Waals surface area contributed by atoms with Crippen LogP contribution in [0.3, 0.4) is 0 Å². The molecular formula is C21H17NO5. The van der Waals surface area contributed by atoms with E-state index in [4.69, 9.17) is 4.74 Å². The Balaban J connectivity index is 1.91. The average Bonchev–Trinajstić information content (AvgIpc) is 2.67. The minimum absolute atomic E-state index is 0.0902. The van der Waals surface area contributed by atoms with E-state index in [0.717, 1.165) is 34.4 Å². The molecule has 0 radical (unpaired) electrons. The van der Waals surface area contributed by atoms with E-state index in [1.165, 1.54) is 0 Å². The van der Waals surface area contributed by atoms with E-state index in [1.54, 1.807) is 0 Å². The van der Waals surface area contributed by atoms with Crippen molar-refractivity contribution in [1.82, 2.24) is 0 Å². The van der Waals surface area contributed by atoms with Crippen molar-refractivity contribution < 1.29 is 19.6 Å². The van der Waals surface area contributed by atoms with E-state index in [0.29, 0.717) is 6.29 Å². The number of carbonyl (C=O) groups is 1. The molecule has 0 atom stereocenters. The van der Waals surface area contributed by atoms with Gasteiger partial charge in [-0.25, -0.2) is 0 Å². The van der Waals surface area contributed by atoms with Gasteiger partial charge < -0.3 is 9.84 Å². The molecule has 3 aromatic carbocycles. The van der Waals surface area contributed by atoms with E-state index in [-0.39, 0.29) is 29.4 Å². The second-order valence-corrected chi connectivity index (χ2v) is 6.00. The van der Waals surface area contributed by atoms with Gasteiger partial charge in [-0.05, 0) is 29.2 Å². The third-order valence-corrected chi connectivity index (χ3v) is 4.35. The highest BCUT2D eigenvalue weighted by Gasteiger charge is 2.20. The third kappa shape index (κ3) is 3.79. The van der Waals surface area contributed by atoms with Crippen molar-refractivity contribution in [2.45, 2.75) is 13.5 Å². The van der Waals surface area contributed by atoms with Crippen LogP contribution in [-0.2, 0) is 6.61 Å². The number of hydrogen-bond acceptors (Lipinski definition) is 5. The second kappa shape index (κ2) is 7.70. The zero-order chi connectivity index (χ0) is 19.4. The molecule has 0 aliphatic rings. The number of nitro benzene ring substituents is 1. The first-order valence-electron chi connectivity index (χ1n) is 8.24. The molecule has 0 spiro atoms. The molecule has 0 fully saturated rings. The minimum Gasteiger partial charge on any atom is -0.507 e. The number of aromatic hydroxyl groups is 1. The summed E-state index contributed by atoms with van der Waals surface area (Å²) in [6.45, 7) is 2.05. The number of phenols is 1. The second-order valence-electron chi connectivity index (χ2n) is 6.00. The molecule has 0 saturated heterocycles. The number of rotatable bonds is 6. The van der Waals surface area contributed by atoms with E-state index in [2.05, 4.69) is 0 Å². The van der Waals surface area contributed by atoms with Crippen LogP contribution in [0.5, 0.6) is 11.5 Å². The van der Waals surface area contributed by atoms with Gasteiger partial charge in [0.05, 0.1) is 10.5 Å². The predicted molar refractivity (Wildman–Crippen MR) is 101 cm³/mol. The van der Waals surface area contributed by atoms with Crippen LogP contribution < -0.4 is 4.74 Å². The number of phenolic OH excluding ortho intramolecular Hbond substituents is 1. The van der Waals surface area contributed by atoms with E-state index in [1.807, 2.05) is 55.5 Å². The molecule has 0 aromatic heterocycles. The monoisotopic (exact) mass is 363 g/mol. The lowest BCUT2D eigenvalue weighted by molar-refractivity contribution is -0.386. The standard InChI is InChI=1S/C21H17NO5/c1-14-16(8-5-9-18(14)15-6-3-2-4-7-15)13-27-21-11-20(24)17(12-23)10-19(21)22(25)26/h2-12,24H,13H2,1H3. The Hall–Kier alpha value is -3.67. The normalized spacial score (nSPS) is 10.4. The largest absolute Gasteiger partial charge is 0.507 e. The quantitative estimate of drug-likeness (QED) is 0.390. The van der Waals surface area contributed by atoms with Crippen molar-refractivity contribution >= 4 is 12.0 Å². The Morgan fingerprint density at radius 3 is 2.52 bits per heavy atom. The highest BCUT2D eigenvalue weighted by molar-refractivity contribution is 5.81. The number of ether oxygens (including phenoxy) is 1. The van der Waals surface area contributed by atoms with Gasteiger partial charge in [0.1, 0.15) is 12.4 Å². The van der Waals surface area contributed by atoms with Gasteiger partial charge in [-0.1, -0.05) is 48.5 Å². The molecular weight excluding hydrogens is 346 g/mol. The first-order valence-corrected chi connectivity index (χ1v) is 8.24. The summed E-state index contributed by atoms with van der Waals surface area (Å²) >= 11 is 0. The van der Waals surface area contributed by atoms with Crippen molar-refractivity contribution in [1.29, 1.82) is 0 Å². The Morgan fingerprint density at radius 1 is 1.11 bits per heavy atom. The number of benzene rings is 3. The van der Waals surface area contributed by atoms with Gasteiger partial charge in [0.15, 0.2) is 6.29 Å². The van der Waals surface area contributed by atoms with Crippen LogP contribution in [0.1, 0.15) is 21.5 Å². The molecule has 27 heavy (non-hydrogen) atoms. The number of nitrogens with zero attached hydrogens (tertiary/aromatic N) is 1. The van der Waals surface area contributed by atoms with Crippen molar-refractivity contribution in [3.63, 3.8) is 0 Å². The molecule has 0 aliphatic carbocycles. The zero-order valence-corrected chi connectivity index (χ0v) is 14.6. The highest BCUT2D eigenvalue weighted by atomic mass is 16.6. The molecule has 0 saturated carbocycles. The summed E-state index contributed by atoms with van der Waals surface area (Å²) < 4.78 is 5.62. The SMILES string of the molecule is Cc1c(COc2cc(O)c(C=O)cc2[N+](=O)[O-])cccc1-c1ccccc1. The smallest absolute Gasteiger partial charge is 0.311 e. The maximum Gasteiger partial charge on any atom is 0.311 e. The van der Waals surface area contributed by atoms with Gasteiger partial charge in [-0.15, -0.1) is 0 Å². The van der Waals surface area contributed by atoms with Crippen LogP contribution in [0.15, 0.2) is 60.7 Å². The molecule has 3 aromatic rings. The molecule has 1 N–H and O–H groups in total. The van der Waals surface area contributed by atoms with Crippen molar-refractivity contribution in [3.8, 4) is 22.6 Å². The van der Waals surface area contributed by atoms with Crippen molar-refractivity contribution in [2.75, 3.05) is 0 Å². The third-order valence-electron chi connectivity index (χ3n) is 4.35. The van der Waals surface area contributed by atoms with Crippen LogP contribution in [-0.4, -0.2) is 16.3 Å². The first-order chi connectivity index (χ1) is 13.0. The van der Waals surface area contributed by atoms with Gasteiger partial charge in [0.25, 0.3) is 0 Å². The molecule has 0 amide bonds. The lowest BCUT2D eigenvalue weighted by Crippen LogP contribution is -2.02. The maximum atomic E-state index is 11.2. The molecule has 136 valence electrons. The molecule has 0 bridgehead atoms. The van der Waals surface area contributed by atoms with Crippen LogP contribution in [0, 0.1) is 17.0 Å². The Morgan fingerprint density at radius 2 is 1.85 bits per heavy atom. The fourth-order valence-electron chi connectivity index (χ4n) is 2.85. The lowest BCUT2D eigenvalue weighted by Gasteiger charge is -2.13. The van der Waals surface area contributed by atoms with Crippen LogP contribution in [0.2, 0.25) is 0 Å². The van der Waals surface area contributed by atoms with Gasteiger partial charge >= 0.3 is 5.69 Å². The van der Waals surface area contributed by atoms with Crippen molar-refractivity contribution in [2.24, 2.45) is 0 Å². The number of carbonyl (C=O) groups excluding carboxylic acids is 1. The molecule has 0 unspecified atom stereocenters. The Labute approximate surface area is 155 Å². The maximum absolute atomic E-state index is 11.2. The molecule has 3 rings (SSSR count). The fourth-order valence-corrected chi connectivity index (χ4v) is 2.85. The molecule has 0 aliphatic heterocycles. The fraction of sp³-hybridized carbons (Fsp3) is 0.0952. The Kier molecular flexibility index (Phi) is 5.17. The minimum atomic E-state index is -0.644. The topological polar surface area (TPSA) is 89.7 Å². The number of nitro groups is 1. The summed E-state index contributed by atoms with van der Waals surface area (Å²) in [4.78, 5) is 21.5. The highest BCUT2D eigenvalue weighted by Crippen LogP contribution is 2.34. The van der Waals surface area contributed by atoms with Gasteiger partial charge in [0, 0.05) is 12.1 Å². The number of hydrogen-bond donors (Lipinski definition) is 1. The summed E-state index contributed by atoms with van der Waals surface area (Å²) in [5.74, 6) is -0.451. The summed E-state index contributed by atoms with van der Waals surface area (Å²) in [6, 6.07) is 17.8. The predicted octanol–water partition coefficient (Wildman–Crippen LogP) is 4.67. The number of aldehydes is 1. The molecule has 6 heteroatoms. The summed E-state index contributed by atoms with van der Waals surface area (Å²) in [5, 5.41) is 21.1. The van der Waals surface area contributed by atoms with Crippen molar-refractivity contribution in [3.05, 3.63) is 87.5 Å². The lowest BCUT2D eigenvalue weighted by atomic mass is 9.97. The van der Waals surface area contributed by atoms with Crippen LogP contribution in [0.25, 0.3) is 11.1 Å². The van der Waals surface area contributed by atoms with E-state index >= 15 is 0 Å². The zero-order valence-electron chi connectivity index (χ0n) is 14.6.